The highest BCUT2D eigenvalue weighted by Crippen LogP contribution is 2.42. The van der Waals surface area contributed by atoms with Crippen LogP contribution >= 0.6 is 24.0 Å². The van der Waals surface area contributed by atoms with Gasteiger partial charge in [0.2, 0.25) is 0 Å². The monoisotopic (exact) mass is 382 g/mol. The van der Waals surface area contributed by atoms with Gasteiger partial charge in [-0.3, -0.25) is 4.79 Å². The van der Waals surface area contributed by atoms with Crippen molar-refractivity contribution in [2.45, 2.75) is 32.1 Å². The van der Waals surface area contributed by atoms with Crippen LogP contribution in [0.1, 0.15) is 46.8 Å². The zero-order valence-corrected chi connectivity index (χ0v) is 16.1. The molecule has 1 heterocycles. The number of carbonyl (C=O) groups excluding carboxylic acids is 1. The molecule has 0 bridgehead atoms. The van der Waals surface area contributed by atoms with Crippen LogP contribution in [-0.4, -0.2) is 35.8 Å². The van der Waals surface area contributed by atoms with Crippen molar-refractivity contribution >= 4 is 29.9 Å². The highest BCUT2D eigenvalue weighted by atomic mass is 35.5. The third kappa shape index (κ3) is 4.54. The summed E-state index contributed by atoms with van der Waals surface area (Å²) in [6.45, 7) is 3.52. The smallest absolute Gasteiger partial charge is 0.254 e. The van der Waals surface area contributed by atoms with Gasteiger partial charge in [-0.15, -0.1) is 12.4 Å². The number of amides is 1. The molecule has 0 saturated heterocycles. The second kappa shape index (κ2) is 8.70. The first-order chi connectivity index (χ1) is 11.6. The Morgan fingerprint density at radius 3 is 2.76 bits per heavy atom. The Morgan fingerprint density at radius 2 is 2.12 bits per heavy atom. The lowest BCUT2D eigenvalue weighted by atomic mass is 10.1. The summed E-state index contributed by atoms with van der Waals surface area (Å²) < 4.78 is 1.87. The Morgan fingerprint density at radius 1 is 1.36 bits per heavy atom. The number of hydrogen-bond acceptors (Lipinski definition) is 3. The molecule has 0 spiro atoms. The largest absolute Gasteiger partial charge is 0.352 e. The Kier molecular flexibility index (Phi) is 6.87. The van der Waals surface area contributed by atoms with Crippen molar-refractivity contribution in [1.29, 1.82) is 0 Å². The quantitative estimate of drug-likeness (QED) is 0.720. The fraction of sp³-hybridized carbons (Fsp3) is 0.444. The molecular formula is C18H24Cl2N4O. The van der Waals surface area contributed by atoms with Gasteiger partial charge in [0.1, 0.15) is 0 Å². The summed E-state index contributed by atoms with van der Waals surface area (Å²) in [7, 11) is 1.91. The fourth-order valence-corrected chi connectivity index (χ4v) is 2.94. The number of nitrogens with zero attached hydrogens (tertiary/aromatic N) is 2. The van der Waals surface area contributed by atoms with Gasteiger partial charge in [-0.25, -0.2) is 4.68 Å². The molecule has 5 nitrogen and oxygen atoms in total. The molecule has 1 aliphatic carbocycles. The zero-order valence-electron chi connectivity index (χ0n) is 14.5. The van der Waals surface area contributed by atoms with Gasteiger partial charge in [0.15, 0.2) is 0 Å². The molecule has 1 aliphatic rings. The predicted octanol–water partition coefficient (Wildman–Crippen LogP) is 3.47. The van der Waals surface area contributed by atoms with Gasteiger partial charge >= 0.3 is 0 Å². The summed E-state index contributed by atoms with van der Waals surface area (Å²) in [5, 5.41) is 11.2. The fourth-order valence-electron chi connectivity index (χ4n) is 2.76. The minimum absolute atomic E-state index is 0. The maximum absolute atomic E-state index is 12.5. The first-order valence-corrected chi connectivity index (χ1v) is 8.77. The van der Waals surface area contributed by atoms with Gasteiger partial charge in [0, 0.05) is 17.5 Å². The summed E-state index contributed by atoms with van der Waals surface area (Å²) in [5.41, 5.74) is 3.62. The van der Waals surface area contributed by atoms with Gasteiger partial charge < -0.3 is 10.6 Å². The summed E-state index contributed by atoms with van der Waals surface area (Å²) >= 11 is 6.25. The van der Waals surface area contributed by atoms with Crippen molar-refractivity contribution in [3.05, 3.63) is 46.2 Å². The molecule has 1 fully saturated rings. The molecule has 25 heavy (non-hydrogen) atoms. The number of halogens is 2. The first kappa shape index (κ1) is 19.8. The molecule has 7 heteroatoms. The van der Waals surface area contributed by atoms with E-state index in [4.69, 9.17) is 11.6 Å². The van der Waals surface area contributed by atoms with Crippen LogP contribution in [0.5, 0.6) is 0 Å². The highest BCUT2D eigenvalue weighted by molar-refractivity contribution is 6.31. The summed E-state index contributed by atoms with van der Waals surface area (Å²) in [6.07, 6.45) is 4.79. The average Bonchev–Trinajstić information content (AvgIpc) is 3.32. The molecule has 2 N–H and O–H groups in total. The molecule has 1 aromatic carbocycles. The normalized spacial score (nSPS) is 13.4. The van der Waals surface area contributed by atoms with Gasteiger partial charge in [0.25, 0.3) is 5.91 Å². The van der Waals surface area contributed by atoms with E-state index >= 15 is 0 Å². The molecule has 3 rings (SSSR count). The summed E-state index contributed by atoms with van der Waals surface area (Å²) in [5.74, 6) is 0.364. The van der Waals surface area contributed by atoms with E-state index in [1.54, 1.807) is 6.20 Å². The van der Waals surface area contributed by atoms with Crippen LogP contribution in [0.15, 0.2) is 24.4 Å². The molecule has 0 radical (unpaired) electrons. The standard InChI is InChI=1S/C18H23ClN4O.ClH/c1-12-4-7-14(10-16(12)19)23-17(13-5-6-13)15(11-22-23)18(24)21-9-3-8-20-2;/h4,7,10-11,13,20H,3,5-6,8-9H2,1-2H3,(H,21,24);1H. The molecule has 0 aliphatic heterocycles. The number of hydrogen-bond donors (Lipinski definition) is 2. The van der Waals surface area contributed by atoms with Gasteiger partial charge in [-0.05, 0) is 57.5 Å². The lowest BCUT2D eigenvalue weighted by Crippen LogP contribution is -2.27. The molecular weight excluding hydrogens is 359 g/mol. The van der Waals surface area contributed by atoms with Crippen LogP contribution in [-0.2, 0) is 0 Å². The van der Waals surface area contributed by atoms with Crippen molar-refractivity contribution < 1.29 is 4.79 Å². The van der Waals surface area contributed by atoms with E-state index in [1.807, 2.05) is 36.9 Å². The zero-order chi connectivity index (χ0) is 17.1. The summed E-state index contributed by atoms with van der Waals surface area (Å²) in [6, 6.07) is 5.88. The Balaban J connectivity index is 0.00000225. The van der Waals surface area contributed by atoms with Crippen molar-refractivity contribution in [2.24, 2.45) is 0 Å². The lowest BCUT2D eigenvalue weighted by Gasteiger charge is -2.10. The van der Waals surface area contributed by atoms with E-state index < -0.39 is 0 Å². The van der Waals surface area contributed by atoms with E-state index in [2.05, 4.69) is 15.7 Å². The topological polar surface area (TPSA) is 58.9 Å². The molecule has 1 amide bonds. The van der Waals surface area contributed by atoms with Crippen molar-refractivity contribution in [2.75, 3.05) is 20.1 Å². The van der Waals surface area contributed by atoms with E-state index in [-0.39, 0.29) is 18.3 Å². The molecule has 2 aromatic rings. The first-order valence-electron chi connectivity index (χ1n) is 8.39. The number of carbonyl (C=O) groups is 1. The Bertz CT molecular complexity index is 741. The van der Waals surface area contributed by atoms with Crippen molar-refractivity contribution in [1.82, 2.24) is 20.4 Å². The maximum atomic E-state index is 12.5. The second-order valence-corrected chi connectivity index (χ2v) is 6.68. The maximum Gasteiger partial charge on any atom is 0.254 e. The van der Waals surface area contributed by atoms with Crippen molar-refractivity contribution in [3.63, 3.8) is 0 Å². The lowest BCUT2D eigenvalue weighted by molar-refractivity contribution is 0.0952. The van der Waals surface area contributed by atoms with E-state index in [0.717, 1.165) is 42.8 Å². The van der Waals surface area contributed by atoms with Crippen LogP contribution in [0.4, 0.5) is 0 Å². The second-order valence-electron chi connectivity index (χ2n) is 6.28. The predicted molar refractivity (Wildman–Crippen MR) is 103 cm³/mol. The van der Waals surface area contributed by atoms with E-state index in [9.17, 15) is 4.79 Å². The van der Waals surface area contributed by atoms with E-state index in [0.29, 0.717) is 23.0 Å². The number of aryl methyl sites for hydroxylation is 1. The van der Waals surface area contributed by atoms with Gasteiger partial charge in [-0.1, -0.05) is 17.7 Å². The molecule has 1 aromatic heterocycles. The number of benzene rings is 1. The number of rotatable bonds is 7. The van der Waals surface area contributed by atoms with Crippen LogP contribution in [0.25, 0.3) is 5.69 Å². The average molecular weight is 383 g/mol. The Labute approximate surface area is 159 Å². The number of aromatic nitrogens is 2. The van der Waals surface area contributed by atoms with Crippen molar-refractivity contribution in [3.8, 4) is 5.69 Å². The highest BCUT2D eigenvalue weighted by Gasteiger charge is 2.32. The minimum atomic E-state index is -0.0440. The minimum Gasteiger partial charge on any atom is -0.352 e. The van der Waals surface area contributed by atoms with Crippen LogP contribution in [0.3, 0.4) is 0 Å². The molecule has 0 atom stereocenters. The SMILES string of the molecule is CNCCCNC(=O)c1cnn(-c2ccc(C)c(Cl)c2)c1C1CC1.Cl. The molecule has 1 saturated carbocycles. The van der Waals surface area contributed by atoms with Gasteiger partial charge in [0.05, 0.1) is 23.1 Å². The van der Waals surface area contributed by atoms with Crippen LogP contribution < -0.4 is 10.6 Å². The van der Waals surface area contributed by atoms with Crippen LogP contribution in [0, 0.1) is 6.92 Å². The Hall–Kier alpha value is -1.56. The number of nitrogens with one attached hydrogen (secondary N) is 2. The third-order valence-corrected chi connectivity index (χ3v) is 4.71. The molecule has 0 unspecified atom stereocenters. The summed E-state index contributed by atoms with van der Waals surface area (Å²) in [4.78, 5) is 12.5. The third-order valence-electron chi connectivity index (χ3n) is 4.30. The van der Waals surface area contributed by atoms with Crippen LogP contribution in [0.2, 0.25) is 5.02 Å². The molecule has 136 valence electrons. The van der Waals surface area contributed by atoms with Gasteiger partial charge in [-0.2, -0.15) is 5.10 Å². The van der Waals surface area contributed by atoms with E-state index in [1.165, 1.54) is 0 Å².